The van der Waals surface area contributed by atoms with E-state index >= 15 is 0 Å². The number of sulfone groups is 1. The third-order valence-corrected chi connectivity index (χ3v) is 8.23. The van der Waals surface area contributed by atoms with Crippen molar-refractivity contribution in [2.75, 3.05) is 26.0 Å². The molecule has 28 heavy (non-hydrogen) atoms. The largest absolute Gasteiger partial charge is 0.369 e. The molecule has 1 aromatic carbocycles. The first-order valence-electron chi connectivity index (χ1n) is 9.39. The van der Waals surface area contributed by atoms with Crippen LogP contribution in [0.25, 0.3) is 0 Å². The van der Waals surface area contributed by atoms with Gasteiger partial charge in [-0.15, -0.1) is 11.3 Å². The minimum Gasteiger partial charge on any atom is -0.369 e. The van der Waals surface area contributed by atoms with Crippen molar-refractivity contribution >= 4 is 27.1 Å². The van der Waals surface area contributed by atoms with Gasteiger partial charge >= 0.3 is 0 Å². The first kappa shape index (κ1) is 19.6. The smallest absolute Gasteiger partial charge is 0.259 e. The van der Waals surface area contributed by atoms with Gasteiger partial charge in [0, 0.05) is 11.1 Å². The molecule has 1 saturated heterocycles. The van der Waals surface area contributed by atoms with E-state index in [1.54, 1.807) is 12.1 Å². The number of fused-ring (bicyclic) bond motifs is 2. The lowest BCUT2D eigenvalue weighted by atomic mass is 9.84. The normalized spacial score (nSPS) is 18.8. The fourth-order valence-electron chi connectivity index (χ4n) is 4.19. The molecule has 0 bridgehead atoms. The number of nitrogens with two attached hydrogens (primary N) is 1. The van der Waals surface area contributed by atoms with Crippen LogP contribution in [0.5, 0.6) is 0 Å². The second-order valence-electron chi connectivity index (χ2n) is 7.52. The highest BCUT2D eigenvalue weighted by molar-refractivity contribution is 7.90. The number of amides is 1. The van der Waals surface area contributed by atoms with Crippen LogP contribution in [0, 0.1) is 0 Å². The number of benzene rings is 1. The van der Waals surface area contributed by atoms with Crippen LogP contribution in [-0.4, -0.2) is 40.3 Å². The van der Waals surface area contributed by atoms with Crippen LogP contribution in [0.3, 0.4) is 0 Å². The fourth-order valence-corrected chi connectivity index (χ4v) is 6.24. The Balaban J connectivity index is 1.74. The van der Waals surface area contributed by atoms with Crippen molar-refractivity contribution in [3.8, 4) is 0 Å². The van der Waals surface area contributed by atoms with Gasteiger partial charge in [-0.3, -0.25) is 4.79 Å². The Morgan fingerprint density at radius 2 is 1.93 bits per heavy atom. The number of ether oxygens (including phenoxy) is 1. The van der Waals surface area contributed by atoms with E-state index in [0.29, 0.717) is 22.8 Å². The summed E-state index contributed by atoms with van der Waals surface area (Å²) in [6.07, 6.45) is 4.30. The molecule has 0 unspecified atom stereocenters. The summed E-state index contributed by atoms with van der Waals surface area (Å²) in [5.74, 6) is -0.411. The number of nitrogens with one attached hydrogen (secondary N) is 1. The van der Waals surface area contributed by atoms with Crippen LogP contribution < -0.4 is 11.1 Å². The molecule has 1 amide bonds. The Morgan fingerprint density at radius 1 is 1.25 bits per heavy atom. The fraction of sp³-hybridized carbons (Fsp3) is 0.450. The number of primary amides is 1. The summed E-state index contributed by atoms with van der Waals surface area (Å²) in [4.78, 5) is 14.2. The molecule has 6 nitrogen and oxygen atoms in total. The van der Waals surface area contributed by atoms with E-state index in [2.05, 4.69) is 5.32 Å². The topological polar surface area (TPSA) is 98.5 Å². The molecule has 8 heteroatoms. The minimum absolute atomic E-state index is 0.292. The molecular weight excluding hydrogens is 396 g/mol. The SMILES string of the molecule is CS(=O)(=O)c1ccc(Cc2c(C(N)=O)sc3c2CCOC32CCNCC2)cc1. The van der Waals surface area contributed by atoms with Crippen molar-refractivity contribution in [3.05, 3.63) is 50.7 Å². The number of carbonyl (C=O) groups excluding carboxylic acids is 1. The van der Waals surface area contributed by atoms with Crippen LogP contribution in [0.2, 0.25) is 0 Å². The van der Waals surface area contributed by atoms with Crippen LogP contribution in [0.15, 0.2) is 29.2 Å². The molecule has 2 aromatic rings. The standard InChI is InChI=1S/C20H24N2O4S2/c1-28(24,25)14-4-2-13(3-5-14)12-16-15-6-11-26-20(7-9-22-10-8-20)18(15)27-17(16)19(21)23/h2-5,22H,6-12H2,1H3,(H2,21,23). The van der Waals surface area contributed by atoms with Gasteiger partial charge in [0.15, 0.2) is 9.84 Å². The maximum absolute atomic E-state index is 12.2. The molecule has 3 heterocycles. The lowest BCUT2D eigenvalue weighted by Crippen LogP contribution is -2.44. The lowest BCUT2D eigenvalue weighted by Gasteiger charge is -2.40. The van der Waals surface area contributed by atoms with Gasteiger partial charge in [-0.05, 0) is 67.6 Å². The van der Waals surface area contributed by atoms with Gasteiger partial charge < -0.3 is 15.8 Å². The number of carbonyl (C=O) groups is 1. The number of rotatable bonds is 4. The Kier molecular flexibility index (Phi) is 5.07. The first-order valence-corrected chi connectivity index (χ1v) is 12.1. The van der Waals surface area contributed by atoms with Crippen molar-refractivity contribution < 1.29 is 17.9 Å². The second-order valence-corrected chi connectivity index (χ2v) is 10.6. The van der Waals surface area contributed by atoms with Gasteiger partial charge in [-0.2, -0.15) is 0 Å². The molecule has 0 aliphatic carbocycles. The summed E-state index contributed by atoms with van der Waals surface area (Å²) in [6, 6.07) is 6.85. The summed E-state index contributed by atoms with van der Waals surface area (Å²) in [7, 11) is -3.23. The van der Waals surface area contributed by atoms with E-state index in [-0.39, 0.29) is 5.60 Å². The lowest BCUT2D eigenvalue weighted by molar-refractivity contribution is -0.0772. The molecule has 2 aliphatic rings. The molecule has 150 valence electrons. The number of thiophene rings is 1. The van der Waals surface area contributed by atoms with Crippen LogP contribution in [-0.2, 0) is 33.0 Å². The predicted molar refractivity (Wildman–Crippen MR) is 109 cm³/mol. The van der Waals surface area contributed by atoms with Gasteiger partial charge in [0.25, 0.3) is 5.91 Å². The average Bonchev–Trinajstić information content (AvgIpc) is 3.03. The van der Waals surface area contributed by atoms with Crippen molar-refractivity contribution in [1.82, 2.24) is 5.32 Å². The Bertz CT molecular complexity index is 1000. The quantitative estimate of drug-likeness (QED) is 0.788. The third kappa shape index (κ3) is 3.50. The summed E-state index contributed by atoms with van der Waals surface area (Å²) in [6.45, 7) is 2.43. The van der Waals surface area contributed by atoms with E-state index in [4.69, 9.17) is 10.5 Å². The van der Waals surface area contributed by atoms with Crippen molar-refractivity contribution in [1.29, 1.82) is 0 Å². The van der Waals surface area contributed by atoms with E-state index < -0.39 is 15.7 Å². The molecule has 3 N–H and O–H groups in total. The highest BCUT2D eigenvalue weighted by Gasteiger charge is 2.42. The van der Waals surface area contributed by atoms with Crippen molar-refractivity contribution in [2.24, 2.45) is 5.73 Å². The number of hydrogen-bond acceptors (Lipinski definition) is 6. The maximum Gasteiger partial charge on any atom is 0.259 e. The first-order chi connectivity index (χ1) is 13.3. The molecule has 1 fully saturated rings. The molecular formula is C20H24N2O4S2. The van der Waals surface area contributed by atoms with Crippen molar-refractivity contribution in [2.45, 2.75) is 36.2 Å². The summed E-state index contributed by atoms with van der Waals surface area (Å²) < 4.78 is 29.6. The molecule has 1 aromatic heterocycles. The summed E-state index contributed by atoms with van der Waals surface area (Å²) in [5, 5.41) is 3.37. The highest BCUT2D eigenvalue weighted by atomic mass is 32.2. The van der Waals surface area contributed by atoms with E-state index in [1.165, 1.54) is 23.2 Å². The Morgan fingerprint density at radius 3 is 2.54 bits per heavy atom. The molecule has 1 spiro atoms. The molecule has 4 rings (SSSR count). The number of piperidine rings is 1. The summed E-state index contributed by atoms with van der Waals surface area (Å²) in [5.41, 5.74) is 8.53. The zero-order valence-electron chi connectivity index (χ0n) is 15.8. The molecule has 0 radical (unpaired) electrons. The Labute approximate surface area is 169 Å². The summed E-state index contributed by atoms with van der Waals surface area (Å²) >= 11 is 1.48. The second kappa shape index (κ2) is 7.26. The van der Waals surface area contributed by atoms with Crippen LogP contribution >= 0.6 is 11.3 Å². The maximum atomic E-state index is 12.2. The van der Waals surface area contributed by atoms with Gasteiger partial charge in [-0.25, -0.2) is 8.42 Å². The third-order valence-electron chi connectivity index (χ3n) is 5.63. The van der Waals surface area contributed by atoms with Crippen LogP contribution in [0.1, 0.15) is 44.1 Å². The van der Waals surface area contributed by atoms with Crippen LogP contribution in [0.4, 0.5) is 0 Å². The Hall–Kier alpha value is -1.74. The zero-order chi connectivity index (χ0) is 19.9. The molecule has 0 saturated carbocycles. The van der Waals surface area contributed by atoms with Crippen molar-refractivity contribution in [3.63, 3.8) is 0 Å². The van der Waals surface area contributed by atoms with E-state index in [9.17, 15) is 13.2 Å². The zero-order valence-corrected chi connectivity index (χ0v) is 17.4. The predicted octanol–water partition coefficient (Wildman–Crippen LogP) is 1.99. The van der Waals surface area contributed by atoms with Gasteiger partial charge in [0.05, 0.1) is 16.4 Å². The minimum atomic E-state index is -3.23. The monoisotopic (exact) mass is 420 g/mol. The average molecular weight is 421 g/mol. The van der Waals surface area contributed by atoms with Gasteiger partial charge in [-0.1, -0.05) is 12.1 Å². The highest BCUT2D eigenvalue weighted by Crippen LogP contribution is 2.46. The van der Waals surface area contributed by atoms with E-state index in [0.717, 1.165) is 48.4 Å². The van der Waals surface area contributed by atoms with E-state index in [1.807, 2.05) is 12.1 Å². The van der Waals surface area contributed by atoms with Gasteiger partial charge in [0.1, 0.15) is 5.60 Å². The van der Waals surface area contributed by atoms with Gasteiger partial charge in [0.2, 0.25) is 0 Å². The number of hydrogen-bond donors (Lipinski definition) is 2. The molecule has 0 atom stereocenters. The molecule has 2 aliphatic heterocycles.